The summed E-state index contributed by atoms with van der Waals surface area (Å²) < 4.78 is 36.2. The van der Waals surface area contributed by atoms with E-state index in [9.17, 15) is 8.42 Å². The molecule has 6 nitrogen and oxygen atoms in total. The monoisotopic (exact) mass is 392 g/mol. The summed E-state index contributed by atoms with van der Waals surface area (Å²) in [6, 6.07) is 18.7. The van der Waals surface area contributed by atoms with Crippen molar-refractivity contribution in [3.8, 4) is 28.3 Å². The number of rotatable bonds is 3. The normalized spacial score (nSPS) is 13.2. The molecule has 1 aliphatic rings. The maximum absolute atomic E-state index is 11.7. The minimum atomic E-state index is -3.23. The molecule has 0 saturated heterocycles. The Labute approximate surface area is 161 Å². The number of benzene rings is 3. The summed E-state index contributed by atoms with van der Waals surface area (Å²) >= 11 is 0. The Bertz CT molecular complexity index is 1310. The molecule has 0 atom stereocenters. The average Bonchev–Trinajstić information content (AvgIpc) is 3.33. The summed E-state index contributed by atoms with van der Waals surface area (Å²) in [5.41, 5.74) is 4.68. The third-order valence-corrected chi connectivity index (χ3v) is 5.92. The maximum atomic E-state index is 11.7. The van der Waals surface area contributed by atoms with Gasteiger partial charge in [0.05, 0.1) is 15.9 Å². The van der Waals surface area contributed by atoms with Gasteiger partial charge in [-0.05, 0) is 59.7 Å². The van der Waals surface area contributed by atoms with Crippen LogP contribution in [0.25, 0.3) is 27.8 Å². The molecule has 1 aliphatic heterocycles. The Morgan fingerprint density at radius 3 is 2.39 bits per heavy atom. The van der Waals surface area contributed by atoms with Crippen molar-refractivity contribution in [3.05, 3.63) is 67.0 Å². The Balaban J connectivity index is 1.59. The highest BCUT2D eigenvalue weighted by Gasteiger charge is 2.15. The van der Waals surface area contributed by atoms with Crippen molar-refractivity contribution in [1.29, 1.82) is 0 Å². The Morgan fingerprint density at radius 1 is 0.893 bits per heavy atom. The van der Waals surface area contributed by atoms with Gasteiger partial charge in [0.2, 0.25) is 6.79 Å². The molecule has 1 aromatic heterocycles. The van der Waals surface area contributed by atoms with E-state index < -0.39 is 9.84 Å². The first-order valence-corrected chi connectivity index (χ1v) is 10.6. The van der Waals surface area contributed by atoms with Gasteiger partial charge in [0, 0.05) is 11.9 Å². The van der Waals surface area contributed by atoms with Crippen molar-refractivity contribution < 1.29 is 17.9 Å². The van der Waals surface area contributed by atoms with Crippen molar-refractivity contribution in [2.45, 2.75) is 4.90 Å². The standard InChI is InChI=1S/C21H16N2O4S/c1-28(24,25)17-6-4-16(5-7-17)23-12-22-18-8-2-14(10-19(18)23)15-3-9-20-21(11-15)27-13-26-20/h2-12H,13H2,1H3. The quantitative estimate of drug-likeness (QED) is 0.530. The number of fused-ring (bicyclic) bond motifs is 2. The molecule has 0 N–H and O–H groups in total. The van der Waals surface area contributed by atoms with Gasteiger partial charge in [-0.25, -0.2) is 13.4 Å². The van der Waals surface area contributed by atoms with E-state index in [1.54, 1.807) is 30.6 Å². The molecule has 0 spiro atoms. The van der Waals surface area contributed by atoms with Gasteiger partial charge in [0.15, 0.2) is 21.3 Å². The number of ether oxygens (including phenoxy) is 2. The zero-order valence-electron chi connectivity index (χ0n) is 15.0. The van der Waals surface area contributed by atoms with Crippen LogP contribution < -0.4 is 9.47 Å². The molecule has 7 heteroatoms. The lowest BCUT2D eigenvalue weighted by Gasteiger charge is -2.08. The molecule has 140 valence electrons. The van der Waals surface area contributed by atoms with Crippen LogP contribution in [0.15, 0.2) is 71.9 Å². The lowest BCUT2D eigenvalue weighted by Crippen LogP contribution is -1.98. The van der Waals surface area contributed by atoms with Crippen LogP contribution in [0.4, 0.5) is 0 Å². The largest absolute Gasteiger partial charge is 0.454 e. The summed E-state index contributed by atoms with van der Waals surface area (Å²) in [7, 11) is -3.23. The second-order valence-electron chi connectivity index (χ2n) is 6.65. The third kappa shape index (κ3) is 2.80. The second-order valence-corrected chi connectivity index (χ2v) is 8.67. The SMILES string of the molecule is CS(=O)(=O)c1ccc(-n2cnc3ccc(-c4ccc5c(c4)OCO5)cc32)cc1. The number of aromatic nitrogens is 2. The van der Waals surface area contributed by atoms with E-state index in [1.807, 2.05) is 34.9 Å². The summed E-state index contributed by atoms with van der Waals surface area (Å²) in [4.78, 5) is 4.75. The zero-order chi connectivity index (χ0) is 19.3. The first-order chi connectivity index (χ1) is 13.5. The zero-order valence-corrected chi connectivity index (χ0v) is 15.8. The summed E-state index contributed by atoms with van der Waals surface area (Å²) in [6.07, 6.45) is 2.94. The van der Waals surface area contributed by atoms with Crippen LogP contribution in [0.1, 0.15) is 0 Å². The fraction of sp³-hybridized carbons (Fsp3) is 0.0952. The Hall–Kier alpha value is -3.32. The van der Waals surface area contributed by atoms with Gasteiger partial charge in [0.1, 0.15) is 6.33 Å². The predicted octanol–water partition coefficient (Wildman–Crippen LogP) is 3.82. The van der Waals surface area contributed by atoms with Gasteiger partial charge >= 0.3 is 0 Å². The van der Waals surface area contributed by atoms with Gasteiger partial charge in [-0.1, -0.05) is 12.1 Å². The number of imidazole rings is 1. The van der Waals surface area contributed by atoms with Crippen LogP contribution in [-0.4, -0.2) is 31.0 Å². The molecule has 0 amide bonds. The van der Waals surface area contributed by atoms with Gasteiger partial charge in [-0.15, -0.1) is 0 Å². The van der Waals surface area contributed by atoms with Crippen LogP contribution in [0.3, 0.4) is 0 Å². The molecule has 3 aromatic carbocycles. The van der Waals surface area contributed by atoms with E-state index in [4.69, 9.17) is 9.47 Å². The van der Waals surface area contributed by atoms with E-state index in [2.05, 4.69) is 11.1 Å². The van der Waals surface area contributed by atoms with Crippen molar-refractivity contribution in [1.82, 2.24) is 9.55 Å². The summed E-state index contributed by atoms with van der Waals surface area (Å²) in [6.45, 7) is 0.244. The molecule has 0 saturated carbocycles. The smallest absolute Gasteiger partial charge is 0.231 e. The molecule has 5 rings (SSSR count). The maximum Gasteiger partial charge on any atom is 0.231 e. The van der Waals surface area contributed by atoms with Crippen LogP contribution in [0.5, 0.6) is 11.5 Å². The predicted molar refractivity (Wildman–Crippen MR) is 106 cm³/mol. The summed E-state index contributed by atoms with van der Waals surface area (Å²) in [5.74, 6) is 1.49. The minimum absolute atomic E-state index is 0.244. The molecule has 28 heavy (non-hydrogen) atoms. The first kappa shape index (κ1) is 16.8. The van der Waals surface area contributed by atoms with Gasteiger partial charge in [-0.3, -0.25) is 4.57 Å². The fourth-order valence-corrected chi connectivity index (χ4v) is 3.95. The first-order valence-electron chi connectivity index (χ1n) is 8.67. The van der Waals surface area contributed by atoms with E-state index in [-0.39, 0.29) is 6.79 Å². The van der Waals surface area contributed by atoms with E-state index >= 15 is 0 Å². The highest BCUT2D eigenvalue weighted by atomic mass is 32.2. The van der Waals surface area contributed by atoms with Crippen molar-refractivity contribution in [3.63, 3.8) is 0 Å². The van der Waals surface area contributed by atoms with E-state index in [1.165, 1.54) is 6.26 Å². The molecule has 0 radical (unpaired) electrons. The number of hydrogen-bond donors (Lipinski definition) is 0. The van der Waals surface area contributed by atoms with Crippen molar-refractivity contribution >= 4 is 20.9 Å². The molecule has 0 aliphatic carbocycles. The lowest BCUT2D eigenvalue weighted by atomic mass is 10.0. The van der Waals surface area contributed by atoms with Gasteiger partial charge in [-0.2, -0.15) is 0 Å². The van der Waals surface area contributed by atoms with Gasteiger partial charge in [0.25, 0.3) is 0 Å². The van der Waals surface area contributed by atoms with Crippen LogP contribution in [-0.2, 0) is 9.84 Å². The van der Waals surface area contributed by atoms with Crippen molar-refractivity contribution in [2.24, 2.45) is 0 Å². The number of nitrogens with zero attached hydrogens (tertiary/aromatic N) is 2. The molecule has 0 unspecified atom stereocenters. The van der Waals surface area contributed by atoms with Crippen LogP contribution in [0, 0.1) is 0 Å². The van der Waals surface area contributed by atoms with E-state index in [0.29, 0.717) is 4.90 Å². The molecule has 0 fully saturated rings. The Morgan fingerprint density at radius 2 is 1.61 bits per heavy atom. The fourth-order valence-electron chi connectivity index (χ4n) is 3.32. The lowest BCUT2D eigenvalue weighted by molar-refractivity contribution is 0.174. The van der Waals surface area contributed by atoms with Crippen LogP contribution in [0.2, 0.25) is 0 Å². The number of hydrogen-bond acceptors (Lipinski definition) is 5. The number of sulfone groups is 1. The molecular formula is C21H16N2O4S. The molecular weight excluding hydrogens is 376 g/mol. The molecule has 4 aromatic rings. The highest BCUT2D eigenvalue weighted by molar-refractivity contribution is 7.90. The summed E-state index contributed by atoms with van der Waals surface area (Å²) in [5, 5.41) is 0. The van der Waals surface area contributed by atoms with Gasteiger partial charge < -0.3 is 9.47 Å². The minimum Gasteiger partial charge on any atom is -0.454 e. The topological polar surface area (TPSA) is 70.4 Å². The molecule has 0 bridgehead atoms. The Kier molecular flexibility index (Phi) is 3.67. The third-order valence-electron chi connectivity index (χ3n) is 4.80. The average molecular weight is 392 g/mol. The van der Waals surface area contributed by atoms with Crippen LogP contribution >= 0.6 is 0 Å². The second kappa shape index (κ2) is 6.10. The highest BCUT2D eigenvalue weighted by Crippen LogP contribution is 2.36. The van der Waals surface area contributed by atoms with E-state index in [0.717, 1.165) is 39.3 Å². The molecule has 2 heterocycles. The van der Waals surface area contributed by atoms with Crippen molar-refractivity contribution in [2.75, 3.05) is 13.0 Å².